The maximum atomic E-state index is 9.73. The molecule has 0 amide bonds. The van der Waals surface area contributed by atoms with E-state index in [1.165, 1.54) is 0 Å². The molecule has 1 fully saturated rings. The van der Waals surface area contributed by atoms with Crippen LogP contribution in [-0.4, -0.2) is 27.6 Å². The number of nitrogens with one attached hydrogen (secondary N) is 4. The summed E-state index contributed by atoms with van der Waals surface area (Å²) in [6, 6.07) is 6.21. The molecule has 3 aromatic rings. The van der Waals surface area contributed by atoms with E-state index in [4.69, 9.17) is 29.6 Å². The van der Waals surface area contributed by atoms with Gasteiger partial charge in [-0.05, 0) is 43.4 Å². The Hall–Kier alpha value is -3.18. The van der Waals surface area contributed by atoms with E-state index >= 15 is 0 Å². The minimum Gasteiger partial charge on any atom is -0.383 e. The Bertz CT molecular complexity index is 1470. The van der Waals surface area contributed by atoms with Gasteiger partial charge in [-0.15, -0.1) is 12.0 Å². The molecule has 9 heteroatoms. The number of benzene rings is 1. The summed E-state index contributed by atoms with van der Waals surface area (Å²) in [6.45, 7) is 9.00. The average molecular weight is 538 g/mol. The first-order valence-corrected chi connectivity index (χ1v) is 13.0. The molecular formula is C28H31Cl2N7. The Labute approximate surface area is 229 Å². The van der Waals surface area contributed by atoms with Crippen LogP contribution in [-0.2, 0) is 0 Å². The lowest BCUT2D eigenvalue weighted by Gasteiger charge is -2.24. The first kappa shape index (κ1) is 24.2. The lowest BCUT2D eigenvalue weighted by Crippen LogP contribution is -2.38. The van der Waals surface area contributed by atoms with Crippen molar-refractivity contribution >= 4 is 45.5 Å². The molecule has 37 heavy (non-hydrogen) atoms. The molecule has 5 rings (SSSR count). The summed E-state index contributed by atoms with van der Waals surface area (Å²) in [5.74, 6) is 2.74. The van der Waals surface area contributed by atoms with Crippen LogP contribution in [0.5, 0.6) is 0 Å². The lowest BCUT2D eigenvalue weighted by atomic mass is 9.96. The van der Waals surface area contributed by atoms with E-state index < -0.39 is 6.02 Å². The van der Waals surface area contributed by atoms with Gasteiger partial charge in [0.15, 0.2) is 0 Å². The fourth-order valence-electron chi connectivity index (χ4n) is 4.21. The molecule has 0 radical (unpaired) electrons. The number of anilines is 2. The van der Waals surface area contributed by atoms with Crippen LogP contribution in [0.1, 0.15) is 57.8 Å². The molecule has 7 nitrogen and oxygen atoms in total. The van der Waals surface area contributed by atoms with Crippen LogP contribution in [0, 0.1) is 24.7 Å². The molecule has 1 atom stereocenters. The van der Waals surface area contributed by atoms with Crippen LogP contribution in [0.25, 0.3) is 10.9 Å². The Kier molecular flexibility index (Phi) is 6.49. The fraction of sp³-hybridized carbons (Fsp3) is 0.357. The number of halogens is 2. The summed E-state index contributed by atoms with van der Waals surface area (Å²) in [5.41, 5.74) is 11.0. The first-order chi connectivity index (χ1) is 18.0. The van der Waals surface area contributed by atoms with Crippen molar-refractivity contribution in [3.05, 3.63) is 69.4 Å². The van der Waals surface area contributed by atoms with Crippen molar-refractivity contribution in [2.45, 2.75) is 52.6 Å². The van der Waals surface area contributed by atoms with E-state index in [0.717, 1.165) is 23.9 Å². The van der Waals surface area contributed by atoms with Crippen molar-refractivity contribution in [3.8, 4) is 12.3 Å². The Morgan fingerprint density at radius 2 is 2.08 bits per heavy atom. The highest BCUT2D eigenvalue weighted by atomic mass is 35.5. The van der Waals surface area contributed by atoms with Gasteiger partial charge >= 0.3 is 0 Å². The van der Waals surface area contributed by atoms with Crippen LogP contribution in [0.4, 0.5) is 11.4 Å². The number of hydrazine groups is 2. The molecule has 3 heterocycles. The quantitative estimate of drug-likeness (QED) is 0.212. The third-order valence-corrected chi connectivity index (χ3v) is 6.76. The molecule has 2 aromatic heterocycles. The zero-order chi connectivity index (χ0) is 27.2. The zero-order valence-electron chi connectivity index (χ0n) is 22.3. The van der Waals surface area contributed by atoms with Crippen LogP contribution in [0.15, 0.2) is 42.4 Å². The molecule has 1 aromatic carbocycles. The molecule has 2 aliphatic rings. The largest absolute Gasteiger partial charge is 0.383 e. The highest BCUT2D eigenvalue weighted by Gasteiger charge is 2.33. The number of terminal acetylenes is 1. The predicted octanol–water partition coefficient (Wildman–Crippen LogP) is 6.17. The van der Waals surface area contributed by atoms with Crippen LogP contribution >= 0.6 is 23.2 Å². The summed E-state index contributed by atoms with van der Waals surface area (Å²) in [4.78, 5) is 8.95. The average Bonchev–Trinajstić information content (AvgIpc) is 3.57. The first-order valence-electron chi connectivity index (χ1n) is 12.8. The van der Waals surface area contributed by atoms with Crippen molar-refractivity contribution in [1.82, 2.24) is 25.9 Å². The van der Waals surface area contributed by atoms with E-state index in [-0.39, 0.29) is 5.41 Å². The SMILES string of the molecule is [2H][C@@](Nc1cc(Cl)c2ncc(C#C)c(NCC(C)(C)C)c2c1)(C1=CN(C2CC2)NN1)c1ccc(Cl)nc1C. The Morgan fingerprint density at radius 1 is 1.30 bits per heavy atom. The van der Waals surface area contributed by atoms with Crippen molar-refractivity contribution in [2.24, 2.45) is 5.41 Å². The summed E-state index contributed by atoms with van der Waals surface area (Å²) in [5, 5.41) is 10.5. The van der Waals surface area contributed by atoms with Crippen molar-refractivity contribution < 1.29 is 1.37 Å². The van der Waals surface area contributed by atoms with Gasteiger partial charge in [0.05, 0.1) is 34.9 Å². The standard InChI is InChI=1S/C28H31Cl2N7/c1-6-17-13-31-26-21(25(17)32-15-28(3,4)5)11-18(12-22(26)29)34-27(20-9-10-24(30)33-16(20)2)23-14-37(36-35-23)19-7-8-19/h1,9-14,19,27,34-36H,7-8,15H2,2-5H3,(H,31,32)/t27-/m0/s1/i27D. The molecule has 1 saturated carbocycles. The number of hydrogen-bond acceptors (Lipinski definition) is 7. The second kappa shape index (κ2) is 9.94. The summed E-state index contributed by atoms with van der Waals surface area (Å²) < 4.78 is 9.73. The van der Waals surface area contributed by atoms with E-state index in [0.29, 0.717) is 56.5 Å². The molecular weight excluding hydrogens is 505 g/mol. The Morgan fingerprint density at radius 3 is 2.76 bits per heavy atom. The van der Waals surface area contributed by atoms with Gasteiger partial charge in [0.25, 0.3) is 0 Å². The zero-order valence-corrected chi connectivity index (χ0v) is 22.8. The molecule has 1 aliphatic heterocycles. The maximum Gasteiger partial charge on any atom is 0.129 e. The second-order valence-electron chi connectivity index (χ2n) is 10.6. The van der Waals surface area contributed by atoms with Gasteiger partial charge in [-0.25, -0.2) is 4.98 Å². The molecule has 192 valence electrons. The Balaban J connectivity index is 1.62. The van der Waals surface area contributed by atoms with Crippen molar-refractivity contribution in [1.29, 1.82) is 0 Å². The van der Waals surface area contributed by atoms with Gasteiger partial charge in [0.1, 0.15) is 5.15 Å². The van der Waals surface area contributed by atoms with Crippen LogP contribution < -0.4 is 21.6 Å². The van der Waals surface area contributed by atoms with Gasteiger partial charge in [0, 0.05) is 47.3 Å². The predicted molar refractivity (Wildman–Crippen MR) is 152 cm³/mol. The molecule has 0 spiro atoms. The summed E-state index contributed by atoms with van der Waals surface area (Å²) in [7, 11) is 0. The number of hydrogen-bond donors (Lipinski definition) is 4. The van der Waals surface area contributed by atoms with Gasteiger partial charge < -0.3 is 16.1 Å². The lowest BCUT2D eigenvalue weighted by molar-refractivity contribution is 0.260. The highest BCUT2D eigenvalue weighted by molar-refractivity contribution is 6.35. The van der Waals surface area contributed by atoms with Crippen molar-refractivity contribution in [2.75, 3.05) is 17.2 Å². The highest BCUT2D eigenvalue weighted by Crippen LogP contribution is 2.37. The van der Waals surface area contributed by atoms with Gasteiger partial charge in [0.2, 0.25) is 0 Å². The molecule has 0 saturated heterocycles. The molecule has 0 unspecified atom stereocenters. The van der Waals surface area contributed by atoms with Crippen LogP contribution in [0.2, 0.25) is 10.2 Å². The normalized spacial score (nSPS) is 17.5. The summed E-state index contributed by atoms with van der Waals surface area (Å²) in [6.07, 6.45) is 11.6. The number of nitrogens with zero attached hydrogens (tertiary/aromatic N) is 3. The molecule has 4 N–H and O–H groups in total. The number of aromatic nitrogens is 2. The number of rotatable bonds is 7. The van der Waals surface area contributed by atoms with E-state index in [1.54, 1.807) is 18.3 Å². The minimum atomic E-state index is -1.44. The maximum absolute atomic E-state index is 9.73. The third-order valence-electron chi connectivity index (χ3n) is 6.26. The number of fused-ring (bicyclic) bond motifs is 1. The van der Waals surface area contributed by atoms with E-state index in [2.05, 4.69) is 58.3 Å². The van der Waals surface area contributed by atoms with Gasteiger partial charge in [-0.3, -0.25) is 9.99 Å². The van der Waals surface area contributed by atoms with Crippen molar-refractivity contribution in [3.63, 3.8) is 0 Å². The molecule has 0 bridgehead atoms. The van der Waals surface area contributed by atoms with Gasteiger partial charge in [-0.1, -0.05) is 56.0 Å². The van der Waals surface area contributed by atoms with Gasteiger partial charge in [-0.2, -0.15) is 0 Å². The minimum absolute atomic E-state index is 0.0254. The second-order valence-corrected chi connectivity index (χ2v) is 11.4. The number of aryl methyl sites for hydroxylation is 1. The summed E-state index contributed by atoms with van der Waals surface area (Å²) >= 11 is 12.9. The van der Waals surface area contributed by atoms with E-state index in [9.17, 15) is 1.37 Å². The third kappa shape index (κ3) is 5.57. The number of pyridine rings is 2. The smallest absolute Gasteiger partial charge is 0.129 e. The van der Waals surface area contributed by atoms with Crippen LogP contribution in [0.3, 0.4) is 0 Å². The fourth-order valence-corrected chi connectivity index (χ4v) is 4.67. The molecule has 1 aliphatic carbocycles. The topological polar surface area (TPSA) is 77.1 Å². The monoisotopic (exact) mass is 536 g/mol. The van der Waals surface area contributed by atoms with E-state index in [1.807, 2.05) is 30.3 Å².